The number of carbonyl (C=O) groups excluding carboxylic acids is 2. The summed E-state index contributed by atoms with van der Waals surface area (Å²) in [5.74, 6) is -0.898. The number of rotatable bonds is 6. The van der Waals surface area contributed by atoms with Crippen LogP contribution in [0.1, 0.15) is 27.9 Å². The molecule has 140 valence electrons. The number of nitro groups is 1. The van der Waals surface area contributed by atoms with Gasteiger partial charge in [0, 0.05) is 19.2 Å². The molecule has 2 amide bonds. The first-order valence-corrected chi connectivity index (χ1v) is 8.40. The van der Waals surface area contributed by atoms with Crippen molar-refractivity contribution < 1.29 is 14.5 Å². The van der Waals surface area contributed by atoms with Gasteiger partial charge >= 0.3 is 0 Å². The molecule has 3 N–H and O–H groups in total. The second kappa shape index (κ2) is 7.40. The SMILES string of the molecule is Cc1ccc(CN2CCC(Nc3ncc([N+](=O)[O-])cc3C(N)=O)C2=O)cc1. The van der Waals surface area contributed by atoms with Crippen LogP contribution in [0.3, 0.4) is 0 Å². The number of nitrogens with zero attached hydrogens (tertiary/aromatic N) is 3. The maximum Gasteiger partial charge on any atom is 0.288 e. The molecule has 0 saturated carbocycles. The van der Waals surface area contributed by atoms with E-state index in [1.54, 1.807) is 4.90 Å². The van der Waals surface area contributed by atoms with Gasteiger partial charge in [0.1, 0.15) is 18.1 Å². The molecular formula is C18H19N5O4. The molecule has 1 aromatic carbocycles. The van der Waals surface area contributed by atoms with E-state index >= 15 is 0 Å². The van der Waals surface area contributed by atoms with Crippen LogP contribution in [0.15, 0.2) is 36.5 Å². The number of hydrogen-bond donors (Lipinski definition) is 2. The van der Waals surface area contributed by atoms with Crippen molar-refractivity contribution in [2.45, 2.75) is 25.9 Å². The number of nitrogens with two attached hydrogens (primary N) is 1. The zero-order valence-corrected chi connectivity index (χ0v) is 14.7. The van der Waals surface area contributed by atoms with Gasteiger partial charge in [0.05, 0.1) is 10.5 Å². The van der Waals surface area contributed by atoms with Gasteiger partial charge in [0.2, 0.25) is 5.91 Å². The molecule has 1 aromatic heterocycles. The molecule has 0 spiro atoms. The first-order valence-electron chi connectivity index (χ1n) is 8.40. The lowest BCUT2D eigenvalue weighted by atomic mass is 10.1. The van der Waals surface area contributed by atoms with Crippen molar-refractivity contribution in [2.24, 2.45) is 5.73 Å². The second-order valence-corrected chi connectivity index (χ2v) is 6.44. The van der Waals surface area contributed by atoms with Crippen molar-refractivity contribution in [2.75, 3.05) is 11.9 Å². The van der Waals surface area contributed by atoms with Crippen molar-refractivity contribution in [3.8, 4) is 0 Å². The van der Waals surface area contributed by atoms with Crippen LogP contribution in [0.25, 0.3) is 0 Å². The number of hydrogen-bond acceptors (Lipinski definition) is 6. The summed E-state index contributed by atoms with van der Waals surface area (Å²) < 4.78 is 0. The Morgan fingerprint density at radius 1 is 1.41 bits per heavy atom. The summed E-state index contributed by atoms with van der Waals surface area (Å²) in [6.07, 6.45) is 1.56. The fraction of sp³-hybridized carbons (Fsp3) is 0.278. The van der Waals surface area contributed by atoms with E-state index < -0.39 is 16.9 Å². The standard InChI is InChI=1S/C18H19N5O4/c1-11-2-4-12(5-3-11)10-22-7-6-15(18(22)25)21-17-14(16(19)24)8-13(9-20-17)23(26)27/h2-5,8-9,15H,6-7,10H2,1H3,(H2,19,24)(H,20,21). The lowest BCUT2D eigenvalue weighted by molar-refractivity contribution is -0.385. The molecule has 2 aromatic rings. The van der Waals surface area contributed by atoms with E-state index in [0.717, 1.165) is 23.4 Å². The lowest BCUT2D eigenvalue weighted by Crippen LogP contribution is -2.34. The van der Waals surface area contributed by atoms with Crippen LogP contribution in [0.4, 0.5) is 11.5 Å². The Morgan fingerprint density at radius 2 is 2.11 bits per heavy atom. The third-order valence-electron chi connectivity index (χ3n) is 4.45. The first-order chi connectivity index (χ1) is 12.8. The van der Waals surface area contributed by atoms with E-state index in [4.69, 9.17) is 5.73 Å². The number of primary amides is 1. The second-order valence-electron chi connectivity index (χ2n) is 6.44. The highest BCUT2D eigenvalue weighted by Crippen LogP contribution is 2.23. The van der Waals surface area contributed by atoms with Crippen molar-refractivity contribution in [3.05, 3.63) is 63.3 Å². The molecule has 2 heterocycles. The summed E-state index contributed by atoms with van der Waals surface area (Å²) in [4.78, 5) is 40.1. The molecule has 3 rings (SSSR count). The molecule has 0 bridgehead atoms. The molecule has 27 heavy (non-hydrogen) atoms. The number of anilines is 1. The Morgan fingerprint density at radius 3 is 2.74 bits per heavy atom. The maximum absolute atomic E-state index is 12.6. The number of pyridine rings is 1. The molecule has 1 unspecified atom stereocenters. The van der Waals surface area contributed by atoms with Gasteiger partial charge < -0.3 is 16.0 Å². The molecule has 1 aliphatic heterocycles. The summed E-state index contributed by atoms with van der Waals surface area (Å²) in [5.41, 5.74) is 7.02. The van der Waals surface area contributed by atoms with E-state index in [1.807, 2.05) is 31.2 Å². The van der Waals surface area contributed by atoms with Gasteiger partial charge in [0.25, 0.3) is 11.6 Å². The van der Waals surface area contributed by atoms with Gasteiger partial charge in [0.15, 0.2) is 0 Å². The van der Waals surface area contributed by atoms with Crippen LogP contribution < -0.4 is 11.1 Å². The van der Waals surface area contributed by atoms with E-state index in [1.165, 1.54) is 0 Å². The smallest absolute Gasteiger partial charge is 0.288 e. The summed E-state index contributed by atoms with van der Waals surface area (Å²) in [6.45, 7) is 3.05. The Labute approximate surface area is 155 Å². The quantitative estimate of drug-likeness (QED) is 0.587. The van der Waals surface area contributed by atoms with Crippen molar-refractivity contribution in [1.82, 2.24) is 9.88 Å². The van der Waals surface area contributed by atoms with Crippen LogP contribution in [0, 0.1) is 17.0 Å². The lowest BCUT2D eigenvalue weighted by Gasteiger charge is -2.18. The minimum absolute atomic E-state index is 0.0728. The first kappa shape index (κ1) is 18.3. The Bertz CT molecular complexity index is 897. The van der Waals surface area contributed by atoms with Gasteiger partial charge in [-0.2, -0.15) is 0 Å². The number of nitrogens with one attached hydrogen (secondary N) is 1. The Balaban J connectivity index is 1.73. The largest absolute Gasteiger partial charge is 0.365 e. The highest BCUT2D eigenvalue weighted by Gasteiger charge is 2.32. The Kier molecular flexibility index (Phi) is 5.02. The average molecular weight is 369 g/mol. The van der Waals surface area contributed by atoms with Crippen molar-refractivity contribution >= 4 is 23.3 Å². The summed E-state index contributed by atoms with van der Waals surface area (Å²) in [5, 5.41) is 13.8. The van der Waals surface area contributed by atoms with Crippen LogP contribution in [-0.2, 0) is 11.3 Å². The molecule has 0 radical (unpaired) electrons. The molecule has 1 atom stereocenters. The summed E-state index contributed by atoms with van der Waals surface area (Å²) in [6, 6.07) is 8.43. The van der Waals surface area contributed by atoms with Crippen molar-refractivity contribution in [3.63, 3.8) is 0 Å². The predicted octanol–water partition coefficient (Wildman–Crippen LogP) is 1.61. The van der Waals surface area contributed by atoms with Gasteiger partial charge in [-0.25, -0.2) is 4.98 Å². The molecule has 1 fully saturated rings. The van der Waals surface area contributed by atoms with Crippen LogP contribution in [0.2, 0.25) is 0 Å². The number of likely N-dealkylation sites (tertiary alicyclic amines) is 1. The topological polar surface area (TPSA) is 131 Å². The van der Waals surface area contributed by atoms with Gasteiger partial charge in [-0.05, 0) is 18.9 Å². The Hall–Kier alpha value is -3.49. The number of amides is 2. The molecule has 1 aliphatic rings. The number of benzene rings is 1. The predicted molar refractivity (Wildman–Crippen MR) is 98.0 cm³/mol. The summed E-state index contributed by atoms with van der Waals surface area (Å²) in [7, 11) is 0. The van der Waals surface area contributed by atoms with E-state index in [0.29, 0.717) is 19.5 Å². The minimum atomic E-state index is -0.851. The zero-order chi connectivity index (χ0) is 19.6. The van der Waals surface area contributed by atoms with E-state index in [2.05, 4.69) is 10.3 Å². The highest BCUT2D eigenvalue weighted by atomic mass is 16.6. The van der Waals surface area contributed by atoms with E-state index in [-0.39, 0.29) is 23.0 Å². The number of aromatic nitrogens is 1. The summed E-state index contributed by atoms with van der Waals surface area (Å²) >= 11 is 0. The van der Waals surface area contributed by atoms with Crippen LogP contribution in [0.5, 0.6) is 0 Å². The molecular weight excluding hydrogens is 350 g/mol. The zero-order valence-electron chi connectivity index (χ0n) is 14.7. The fourth-order valence-electron chi connectivity index (χ4n) is 2.97. The van der Waals surface area contributed by atoms with Crippen LogP contribution >= 0.6 is 0 Å². The van der Waals surface area contributed by atoms with Crippen LogP contribution in [-0.4, -0.2) is 39.2 Å². The molecule has 9 heteroatoms. The fourth-order valence-corrected chi connectivity index (χ4v) is 2.97. The normalized spacial score (nSPS) is 16.4. The molecule has 1 saturated heterocycles. The third kappa shape index (κ3) is 4.02. The van der Waals surface area contributed by atoms with Gasteiger partial charge in [-0.3, -0.25) is 19.7 Å². The highest BCUT2D eigenvalue weighted by molar-refractivity contribution is 5.99. The van der Waals surface area contributed by atoms with Crippen molar-refractivity contribution in [1.29, 1.82) is 0 Å². The molecule has 0 aliphatic carbocycles. The van der Waals surface area contributed by atoms with Gasteiger partial charge in [-0.15, -0.1) is 0 Å². The average Bonchev–Trinajstić information content (AvgIpc) is 2.97. The number of aryl methyl sites for hydroxylation is 1. The van der Waals surface area contributed by atoms with E-state index in [9.17, 15) is 19.7 Å². The monoisotopic (exact) mass is 369 g/mol. The molecule has 9 nitrogen and oxygen atoms in total. The third-order valence-corrected chi connectivity index (χ3v) is 4.45. The van der Waals surface area contributed by atoms with Gasteiger partial charge in [-0.1, -0.05) is 29.8 Å². The minimum Gasteiger partial charge on any atom is -0.365 e. The number of carbonyl (C=O) groups is 2. The maximum atomic E-state index is 12.6.